The van der Waals surface area contributed by atoms with E-state index in [1.54, 1.807) is 12.3 Å². The molecule has 1 fully saturated rings. The number of allylic oxidation sites excluding steroid dienone is 7. The van der Waals surface area contributed by atoms with E-state index in [4.69, 9.17) is 4.74 Å². The number of Topliss-reactive ketones (excluding diaryl/α,β-unsaturated/α-hetero) is 2. The van der Waals surface area contributed by atoms with Gasteiger partial charge in [-0.3, -0.25) is 9.59 Å². The summed E-state index contributed by atoms with van der Waals surface area (Å²) in [7, 11) is 0. The number of carbonyl (C=O) groups is 2. The highest BCUT2D eigenvalue weighted by Crippen LogP contribution is 2.45. The van der Waals surface area contributed by atoms with E-state index in [9.17, 15) is 9.59 Å². The fourth-order valence-electron chi connectivity index (χ4n) is 3.57. The summed E-state index contributed by atoms with van der Waals surface area (Å²) < 4.78 is 5.71. The fraction of sp³-hybridized carbons (Fsp3) is 0.455. The van der Waals surface area contributed by atoms with Crippen molar-refractivity contribution in [2.24, 2.45) is 5.41 Å². The Morgan fingerprint density at radius 1 is 1.20 bits per heavy atom. The molecule has 0 aromatic carbocycles. The Morgan fingerprint density at radius 2 is 1.92 bits per heavy atom. The Hall–Kier alpha value is -2.16. The van der Waals surface area contributed by atoms with Gasteiger partial charge in [-0.15, -0.1) is 0 Å². The molecular formula is C22H28O3. The number of hydrogen-bond donors (Lipinski definition) is 0. The molecule has 0 bridgehead atoms. The second-order valence-corrected chi connectivity index (χ2v) is 7.45. The smallest absolute Gasteiger partial charge is 0.225 e. The van der Waals surface area contributed by atoms with Crippen molar-refractivity contribution in [1.29, 1.82) is 0 Å². The van der Waals surface area contributed by atoms with Crippen LogP contribution in [0.3, 0.4) is 0 Å². The second kappa shape index (κ2) is 7.81. The summed E-state index contributed by atoms with van der Waals surface area (Å²) >= 11 is 0. The molecule has 2 aliphatic rings. The molecule has 0 N–H and O–H groups in total. The quantitative estimate of drug-likeness (QED) is 0.476. The lowest BCUT2D eigenvalue weighted by Gasteiger charge is -2.36. The molecule has 1 heterocycles. The molecule has 0 aromatic rings. The third kappa shape index (κ3) is 4.28. The topological polar surface area (TPSA) is 43.4 Å². The Labute approximate surface area is 150 Å². The predicted octanol–water partition coefficient (Wildman–Crippen LogP) is 5.36. The van der Waals surface area contributed by atoms with E-state index in [1.165, 1.54) is 0 Å². The molecule has 0 spiro atoms. The van der Waals surface area contributed by atoms with E-state index >= 15 is 0 Å². The van der Waals surface area contributed by atoms with Crippen LogP contribution >= 0.6 is 0 Å². The molecule has 0 unspecified atom stereocenters. The van der Waals surface area contributed by atoms with E-state index in [-0.39, 0.29) is 23.4 Å². The van der Waals surface area contributed by atoms with E-state index in [2.05, 4.69) is 20.4 Å². The Bertz CT molecular complexity index is 712. The molecule has 3 nitrogen and oxygen atoms in total. The summed E-state index contributed by atoms with van der Waals surface area (Å²) in [5, 5.41) is 0. The van der Waals surface area contributed by atoms with Gasteiger partial charge in [0, 0.05) is 18.4 Å². The zero-order valence-electron chi connectivity index (χ0n) is 15.8. The first kappa shape index (κ1) is 19.2. The van der Waals surface area contributed by atoms with Crippen molar-refractivity contribution < 1.29 is 14.3 Å². The van der Waals surface area contributed by atoms with Gasteiger partial charge in [0.1, 0.15) is 5.76 Å². The molecule has 2 rings (SSSR count). The van der Waals surface area contributed by atoms with Crippen LogP contribution in [0, 0.1) is 5.41 Å². The van der Waals surface area contributed by atoms with Gasteiger partial charge >= 0.3 is 0 Å². The largest absolute Gasteiger partial charge is 0.469 e. The number of ether oxygens (including phenoxy) is 1. The Kier molecular flexibility index (Phi) is 5.99. The maximum Gasteiger partial charge on any atom is 0.225 e. The van der Waals surface area contributed by atoms with Gasteiger partial charge in [0.05, 0.1) is 6.26 Å². The van der Waals surface area contributed by atoms with Crippen molar-refractivity contribution in [3.63, 3.8) is 0 Å². The highest BCUT2D eigenvalue weighted by atomic mass is 16.5. The van der Waals surface area contributed by atoms with Gasteiger partial charge in [0.25, 0.3) is 0 Å². The molecule has 1 aliphatic carbocycles. The summed E-state index contributed by atoms with van der Waals surface area (Å²) in [6.45, 7) is 11.9. The molecule has 0 atom stereocenters. The van der Waals surface area contributed by atoms with Gasteiger partial charge in [-0.05, 0) is 61.3 Å². The third-order valence-electron chi connectivity index (χ3n) is 4.98. The normalized spacial score (nSPS) is 30.2. The van der Waals surface area contributed by atoms with Gasteiger partial charge in [-0.25, -0.2) is 0 Å². The predicted molar refractivity (Wildman–Crippen MR) is 101 cm³/mol. The van der Waals surface area contributed by atoms with Crippen molar-refractivity contribution in [1.82, 2.24) is 0 Å². The van der Waals surface area contributed by atoms with Crippen molar-refractivity contribution in [3.8, 4) is 0 Å². The van der Waals surface area contributed by atoms with Crippen LogP contribution in [0.2, 0.25) is 0 Å². The maximum atomic E-state index is 12.9. The van der Waals surface area contributed by atoms with Gasteiger partial charge in [-0.2, -0.15) is 0 Å². The molecular weight excluding hydrogens is 312 g/mol. The van der Waals surface area contributed by atoms with E-state index in [0.29, 0.717) is 17.8 Å². The summed E-state index contributed by atoms with van der Waals surface area (Å²) in [6.07, 6.45) is 10.5. The third-order valence-corrected chi connectivity index (χ3v) is 4.98. The van der Waals surface area contributed by atoms with Gasteiger partial charge in [0.2, 0.25) is 11.6 Å². The summed E-state index contributed by atoms with van der Waals surface area (Å²) in [4.78, 5) is 25.4. The summed E-state index contributed by atoms with van der Waals surface area (Å²) in [6, 6.07) is 0. The molecule has 0 radical (unpaired) electrons. The van der Waals surface area contributed by atoms with Gasteiger partial charge in [0.15, 0.2) is 0 Å². The standard InChI is InChI=1S/C22H28O3/c1-6-9-19-17(10-8-11-22(19,4)5)18-13-16(7-2)25-14-15(3)12-20(23)21(18)24/h6-7,9,14H,1,8,10-13H2,2-5H3/b15-14-,16-7+,18-17+,19-9+. The van der Waals surface area contributed by atoms with Crippen LogP contribution in [-0.2, 0) is 14.3 Å². The van der Waals surface area contributed by atoms with E-state index < -0.39 is 0 Å². The number of ketones is 2. The molecule has 0 amide bonds. The van der Waals surface area contributed by atoms with Crippen molar-refractivity contribution in [3.05, 3.63) is 59.1 Å². The molecule has 0 aromatic heterocycles. The zero-order valence-corrected chi connectivity index (χ0v) is 15.8. The van der Waals surface area contributed by atoms with Gasteiger partial charge < -0.3 is 4.74 Å². The second-order valence-electron chi connectivity index (χ2n) is 7.45. The highest BCUT2D eigenvalue weighted by molar-refractivity contribution is 6.44. The molecule has 134 valence electrons. The maximum absolute atomic E-state index is 12.9. The lowest BCUT2D eigenvalue weighted by Crippen LogP contribution is -2.25. The molecule has 25 heavy (non-hydrogen) atoms. The van der Waals surface area contributed by atoms with Crippen LogP contribution in [0.15, 0.2) is 59.1 Å². The number of rotatable bonds is 1. The Balaban J connectivity index is 2.63. The van der Waals surface area contributed by atoms with E-state index in [0.717, 1.165) is 36.0 Å². The minimum atomic E-state index is -0.375. The highest BCUT2D eigenvalue weighted by Gasteiger charge is 2.34. The lowest BCUT2D eigenvalue weighted by atomic mass is 9.68. The van der Waals surface area contributed by atoms with Crippen molar-refractivity contribution in [2.45, 2.75) is 59.8 Å². The Morgan fingerprint density at radius 3 is 2.56 bits per heavy atom. The molecule has 1 saturated carbocycles. The molecule has 1 aliphatic heterocycles. The zero-order chi connectivity index (χ0) is 18.6. The first-order valence-electron chi connectivity index (χ1n) is 8.90. The number of hydrogen-bond acceptors (Lipinski definition) is 3. The first-order valence-corrected chi connectivity index (χ1v) is 8.90. The minimum absolute atomic E-state index is 0.0400. The summed E-state index contributed by atoms with van der Waals surface area (Å²) in [5.41, 5.74) is 3.42. The van der Waals surface area contributed by atoms with Crippen LogP contribution in [0.4, 0.5) is 0 Å². The van der Waals surface area contributed by atoms with Crippen LogP contribution in [0.25, 0.3) is 0 Å². The first-order chi connectivity index (χ1) is 11.8. The minimum Gasteiger partial charge on any atom is -0.469 e. The average molecular weight is 340 g/mol. The fourth-order valence-corrected chi connectivity index (χ4v) is 3.57. The summed E-state index contributed by atoms with van der Waals surface area (Å²) in [5.74, 6) is -0.0370. The molecule has 0 saturated heterocycles. The van der Waals surface area contributed by atoms with Crippen LogP contribution in [0.5, 0.6) is 0 Å². The monoisotopic (exact) mass is 340 g/mol. The lowest BCUT2D eigenvalue weighted by molar-refractivity contribution is -0.134. The van der Waals surface area contributed by atoms with Crippen molar-refractivity contribution in [2.75, 3.05) is 0 Å². The molecule has 3 heteroatoms. The van der Waals surface area contributed by atoms with Crippen molar-refractivity contribution >= 4 is 11.6 Å². The van der Waals surface area contributed by atoms with Crippen LogP contribution in [0.1, 0.15) is 59.8 Å². The van der Waals surface area contributed by atoms with Gasteiger partial charge in [-0.1, -0.05) is 32.6 Å². The van der Waals surface area contributed by atoms with Crippen LogP contribution < -0.4 is 0 Å². The van der Waals surface area contributed by atoms with E-state index in [1.807, 2.05) is 26.0 Å². The average Bonchev–Trinajstić information content (AvgIpc) is 2.60. The van der Waals surface area contributed by atoms with Crippen LogP contribution in [-0.4, -0.2) is 11.6 Å². The SMILES string of the molecule is C=C/C=C1\C(=C2/C/C(=C\C)O/C=C(/C)CC(=O)C2=O)CCCC1(C)C. The number of carbonyl (C=O) groups excluding carboxylic acids is 2.